The number of aryl methyl sites for hydroxylation is 2. The van der Waals surface area contributed by atoms with E-state index in [1.807, 2.05) is 0 Å². The summed E-state index contributed by atoms with van der Waals surface area (Å²) in [7, 11) is 0. The number of aliphatic hydroxyl groups excluding tert-OH is 1. The van der Waals surface area contributed by atoms with Gasteiger partial charge < -0.3 is 5.11 Å². The third-order valence-corrected chi connectivity index (χ3v) is 2.15. The number of rotatable bonds is 5. The lowest BCUT2D eigenvalue weighted by molar-refractivity contribution is 0.288. The van der Waals surface area contributed by atoms with E-state index in [0.29, 0.717) is 0 Å². The minimum atomic E-state index is 0.290. The summed E-state index contributed by atoms with van der Waals surface area (Å²) in [6, 6.07) is 8.66. The van der Waals surface area contributed by atoms with E-state index in [1.165, 1.54) is 17.5 Å². The Kier molecular flexibility index (Phi) is 4.55. The third-order valence-electron chi connectivity index (χ3n) is 2.15. The van der Waals surface area contributed by atoms with Crippen molar-refractivity contribution in [2.24, 2.45) is 0 Å². The normalized spacial score (nSPS) is 10.3. The second-order valence-electron chi connectivity index (χ2n) is 3.40. The number of hydrogen-bond acceptors (Lipinski definition) is 1. The Hall–Kier alpha value is -0.820. The predicted molar refractivity (Wildman–Crippen MR) is 55.8 cm³/mol. The summed E-state index contributed by atoms with van der Waals surface area (Å²) in [6.07, 6.45) is 4.22. The molecule has 0 saturated carbocycles. The highest BCUT2D eigenvalue weighted by atomic mass is 16.2. The Labute approximate surface area is 80.4 Å². The molecule has 1 N–H and O–H groups in total. The maximum atomic E-state index is 8.70. The molecule has 0 radical (unpaired) electrons. The molecule has 0 heterocycles. The molecule has 72 valence electrons. The average Bonchev–Trinajstić information content (AvgIpc) is 2.16. The van der Waals surface area contributed by atoms with Crippen LogP contribution in [0.1, 0.15) is 30.9 Å². The smallest absolute Gasteiger partial charge is 0.0434 e. The van der Waals surface area contributed by atoms with Crippen molar-refractivity contribution in [1.29, 1.82) is 0 Å². The molecule has 0 aliphatic heterocycles. The molecule has 1 nitrogen and oxygen atoms in total. The van der Waals surface area contributed by atoms with Crippen molar-refractivity contribution in [2.45, 2.75) is 32.6 Å². The summed E-state index contributed by atoms with van der Waals surface area (Å²) >= 11 is 0. The number of aliphatic hydroxyl groups is 1. The van der Waals surface area contributed by atoms with Gasteiger partial charge in [0.1, 0.15) is 0 Å². The van der Waals surface area contributed by atoms with E-state index in [4.69, 9.17) is 5.11 Å². The highest BCUT2D eigenvalue weighted by molar-refractivity contribution is 5.23. The average molecular weight is 178 g/mol. The molecule has 0 aromatic heterocycles. The van der Waals surface area contributed by atoms with E-state index in [0.717, 1.165) is 19.3 Å². The molecule has 0 atom stereocenters. The summed E-state index contributed by atoms with van der Waals surface area (Å²) in [4.78, 5) is 0. The quantitative estimate of drug-likeness (QED) is 0.734. The van der Waals surface area contributed by atoms with Gasteiger partial charge >= 0.3 is 0 Å². The summed E-state index contributed by atoms with van der Waals surface area (Å²) < 4.78 is 0. The van der Waals surface area contributed by atoms with Crippen molar-refractivity contribution < 1.29 is 5.11 Å². The molecule has 1 aromatic rings. The van der Waals surface area contributed by atoms with Crippen LogP contribution in [-0.2, 0) is 12.8 Å². The first-order valence-electron chi connectivity index (χ1n) is 5.05. The zero-order valence-electron chi connectivity index (χ0n) is 8.29. The van der Waals surface area contributed by atoms with E-state index in [2.05, 4.69) is 31.2 Å². The maximum Gasteiger partial charge on any atom is 0.0434 e. The van der Waals surface area contributed by atoms with Gasteiger partial charge in [-0.3, -0.25) is 0 Å². The maximum absolute atomic E-state index is 8.70. The van der Waals surface area contributed by atoms with Crippen LogP contribution in [0.15, 0.2) is 24.3 Å². The van der Waals surface area contributed by atoms with Gasteiger partial charge in [0.15, 0.2) is 0 Å². The van der Waals surface area contributed by atoms with E-state index in [1.54, 1.807) is 0 Å². The molecule has 0 saturated heterocycles. The second-order valence-corrected chi connectivity index (χ2v) is 3.40. The molecule has 1 aromatic carbocycles. The Balaban J connectivity index is 2.56. The molecule has 0 aliphatic rings. The van der Waals surface area contributed by atoms with Gasteiger partial charge in [-0.15, -0.1) is 0 Å². The molecule has 0 fully saturated rings. The number of hydrogen-bond donors (Lipinski definition) is 1. The lowest BCUT2D eigenvalue weighted by Gasteiger charge is -2.02. The van der Waals surface area contributed by atoms with Gasteiger partial charge in [-0.05, 0) is 30.4 Å². The first-order chi connectivity index (χ1) is 6.36. The van der Waals surface area contributed by atoms with Crippen LogP contribution in [0.2, 0.25) is 0 Å². The van der Waals surface area contributed by atoms with Gasteiger partial charge in [0.25, 0.3) is 0 Å². The van der Waals surface area contributed by atoms with Crippen LogP contribution >= 0.6 is 0 Å². The first-order valence-corrected chi connectivity index (χ1v) is 5.05. The summed E-state index contributed by atoms with van der Waals surface area (Å²) in [5.74, 6) is 0. The van der Waals surface area contributed by atoms with Crippen molar-refractivity contribution in [3.8, 4) is 0 Å². The second kappa shape index (κ2) is 5.76. The van der Waals surface area contributed by atoms with Crippen molar-refractivity contribution in [1.82, 2.24) is 0 Å². The molecular weight excluding hydrogens is 160 g/mol. The molecular formula is C12H18O. The molecule has 0 amide bonds. The molecule has 0 unspecified atom stereocenters. The van der Waals surface area contributed by atoms with Crippen LogP contribution in [0.5, 0.6) is 0 Å². The largest absolute Gasteiger partial charge is 0.396 e. The van der Waals surface area contributed by atoms with Crippen molar-refractivity contribution in [3.63, 3.8) is 0 Å². The van der Waals surface area contributed by atoms with Gasteiger partial charge in [0.05, 0.1) is 0 Å². The van der Waals surface area contributed by atoms with Crippen LogP contribution in [0.25, 0.3) is 0 Å². The lowest BCUT2D eigenvalue weighted by atomic mass is 10.0. The van der Waals surface area contributed by atoms with E-state index in [9.17, 15) is 0 Å². The molecule has 1 rings (SSSR count). The van der Waals surface area contributed by atoms with E-state index < -0.39 is 0 Å². The van der Waals surface area contributed by atoms with Crippen LogP contribution in [0.4, 0.5) is 0 Å². The van der Waals surface area contributed by atoms with Gasteiger partial charge in [-0.2, -0.15) is 0 Å². The molecule has 0 aliphatic carbocycles. The lowest BCUT2D eigenvalue weighted by Crippen LogP contribution is -1.91. The van der Waals surface area contributed by atoms with E-state index >= 15 is 0 Å². The third kappa shape index (κ3) is 3.60. The topological polar surface area (TPSA) is 20.2 Å². The molecule has 0 bridgehead atoms. The zero-order valence-corrected chi connectivity index (χ0v) is 8.29. The summed E-state index contributed by atoms with van der Waals surface area (Å²) in [5, 5.41) is 8.70. The zero-order chi connectivity index (χ0) is 9.52. The highest BCUT2D eigenvalue weighted by Crippen LogP contribution is 2.09. The van der Waals surface area contributed by atoms with Crippen LogP contribution < -0.4 is 0 Å². The van der Waals surface area contributed by atoms with Gasteiger partial charge in [0, 0.05) is 6.61 Å². The highest BCUT2D eigenvalue weighted by Gasteiger charge is 1.94. The first kappa shape index (κ1) is 10.3. The van der Waals surface area contributed by atoms with Crippen LogP contribution in [-0.4, -0.2) is 11.7 Å². The Morgan fingerprint density at radius 3 is 2.46 bits per heavy atom. The SMILES string of the molecule is CCCc1cccc(CCCO)c1. The minimum Gasteiger partial charge on any atom is -0.396 e. The van der Waals surface area contributed by atoms with Crippen molar-refractivity contribution in [3.05, 3.63) is 35.4 Å². The molecule has 1 heteroatoms. The monoisotopic (exact) mass is 178 g/mol. The Morgan fingerprint density at radius 2 is 1.85 bits per heavy atom. The predicted octanol–water partition coefficient (Wildman–Crippen LogP) is 2.56. The van der Waals surface area contributed by atoms with Gasteiger partial charge in [-0.1, -0.05) is 37.6 Å². The van der Waals surface area contributed by atoms with Crippen molar-refractivity contribution in [2.75, 3.05) is 6.61 Å². The van der Waals surface area contributed by atoms with Gasteiger partial charge in [0.2, 0.25) is 0 Å². The fraction of sp³-hybridized carbons (Fsp3) is 0.500. The fourth-order valence-corrected chi connectivity index (χ4v) is 1.51. The van der Waals surface area contributed by atoms with Crippen LogP contribution in [0.3, 0.4) is 0 Å². The van der Waals surface area contributed by atoms with Gasteiger partial charge in [-0.25, -0.2) is 0 Å². The fourth-order valence-electron chi connectivity index (χ4n) is 1.51. The molecule has 13 heavy (non-hydrogen) atoms. The number of benzene rings is 1. The van der Waals surface area contributed by atoms with Crippen LogP contribution in [0, 0.1) is 0 Å². The minimum absolute atomic E-state index is 0.290. The Morgan fingerprint density at radius 1 is 1.15 bits per heavy atom. The Bertz CT molecular complexity index is 243. The van der Waals surface area contributed by atoms with E-state index in [-0.39, 0.29) is 6.61 Å². The summed E-state index contributed by atoms with van der Waals surface area (Å²) in [5.41, 5.74) is 2.76. The molecule has 0 spiro atoms. The standard InChI is InChI=1S/C12H18O/c1-2-5-11-6-3-7-12(10-11)8-4-9-13/h3,6-7,10,13H,2,4-5,8-9H2,1H3. The summed E-state index contributed by atoms with van der Waals surface area (Å²) in [6.45, 7) is 2.48. The van der Waals surface area contributed by atoms with Crippen molar-refractivity contribution >= 4 is 0 Å².